The van der Waals surface area contributed by atoms with Crippen LogP contribution in [-0.4, -0.2) is 42.3 Å². The van der Waals surface area contributed by atoms with Crippen LogP contribution in [0.2, 0.25) is 0 Å². The minimum atomic E-state index is -0.973. The predicted molar refractivity (Wildman–Crippen MR) is 81.9 cm³/mol. The number of carbonyl (C=O) groups excluding carboxylic acids is 1. The number of aliphatic hydroxyl groups excluding tert-OH is 1. The number of carbonyl (C=O) groups is 1. The lowest BCUT2D eigenvalue weighted by Gasteiger charge is -2.33. The van der Waals surface area contributed by atoms with E-state index in [9.17, 15) is 9.90 Å². The van der Waals surface area contributed by atoms with Gasteiger partial charge in [-0.15, -0.1) is 0 Å². The Bertz CT molecular complexity index is 493. The Morgan fingerprint density at radius 2 is 2.00 bits per heavy atom. The smallest absolute Gasteiger partial charge is 0.334 e. The second-order valence-corrected chi connectivity index (χ2v) is 6.00. The SMILES string of the molecule is COC(=O)[C@H](O)C1CCN(Cc2ccc(C)c(C)c2)CC1. The molecular formula is C17H25NO3. The minimum Gasteiger partial charge on any atom is -0.467 e. The van der Waals surface area contributed by atoms with Crippen LogP contribution in [0.15, 0.2) is 18.2 Å². The molecule has 0 spiro atoms. The molecule has 1 N–H and O–H groups in total. The van der Waals surface area contributed by atoms with Crippen molar-refractivity contribution in [1.82, 2.24) is 4.90 Å². The van der Waals surface area contributed by atoms with Crippen molar-refractivity contribution < 1.29 is 14.6 Å². The van der Waals surface area contributed by atoms with Gasteiger partial charge in [0, 0.05) is 6.54 Å². The number of ether oxygens (including phenoxy) is 1. The molecule has 1 atom stereocenters. The van der Waals surface area contributed by atoms with E-state index in [2.05, 4.69) is 41.7 Å². The van der Waals surface area contributed by atoms with Crippen LogP contribution in [0, 0.1) is 19.8 Å². The van der Waals surface area contributed by atoms with Crippen LogP contribution in [0.4, 0.5) is 0 Å². The number of piperidine rings is 1. The van der Waals surface area contributed by atoms with Crippen LogP contribution >= 0.6 is 0 Å². The molecule has 0 amide bonds. The van der Waals surface area contributed by atoms with Gasteiger partial charge in [0.25, 0.3) is 0 Å². The van der Waals surface area contributed by atoms with E-state index in [4.69, 9.17) is 0 Å². The predicted octanol–water partition coefficient (Wildman–Crippen LogP) is 2.05. The van der Waals surface area contributed by atoms with Crippen molar-refractivity contribution >= 4 is 5.97 Å². The molecule has 0 aliphatic carbocycles. The Balaban J connectivity index is 1.86. The maximum absolute atomic E-state index is 11.4. The van der Waals surface area contributed by atoms with Gasteiger partial charge in [-0.1, -0.05) is 18.2 Å². The molecule has 1 aromatic carbocycles. The van der Waals surface area contributed by atoms with Crippen LogP contribution in [0.25, 0.3) is 0 Å². The third-order valence-electron chi connectivity index (χ3n) is 4.50. The van der Waals surface area contributed by atoms with E-state index in [-0.39, 0.29) is 5.92 Å². The summed E-state index contributed by atoms with van der Waals surface area (Å²) in [6.45, 7) is 7.01. The van der Waals surface area contributed by atoms with Crippen LogP contribution in [0.5, 0.6) is 0 Å². The highest BCUT2D eigenvalue weighted by atomic mass is 16.5. The van der Waals surface area contributed by atoms with Gasteiger partial charge in [-0.25, -0.2) is 4.79 Å². The zero-order valence-corrected chi connectivity index (χ0v) is 13.1. The summed E-state index contributed by atoms with van der Waals surface area (Å²) in [5.41, 5.74) is 3.97. The number of nitrogens with zero attached hydrogens (tertiary/aromatic N) is 1. The molecular weight excluding hydrogens is 266 g/mol. The van der Waals surface area contributed by atoms with Crippen LogP contribution in [0.1, 0.15) is 29.5 Å². The number of esters is 1. The Morgan fingerprint density at radius 3 is 2.57 bits per heavy atom. The molecule has 1 aliphatic heterocycles. The van der Waals surface area contributed by atoms with Gasteiger partial charge in [0.1, 0.15) is 0 Å². The summed E-state index contributed by atoms with van der Waals surface area (Å²) in [7, 11) is 1.32. The fraction of sp³-hybridized carbons (Fsp3) is 0.588. The number of hydrogen-bond acceptors (Lipinski definition) is 4. The highest BCUT2D eigenvalue weighted by Crippen LogP contribution is 2.23. The average Bonchev–Trinajstić information content (AvgIpc) is 2.50. The molecule has 1 aromatic rings. The highest BCUT2D eigenvalue weighted by molar-refractivity contribution is 5.74. The maximum atomic E-state index is 11.4. The standard InChI is InChI=1S/C17H25NO3/c1-12-4-5-14(10-13(12)2)11-18-8-6-15(7-9-18)16(19)17(20)21-3/h4-5,10,15-16,19H,6-9,11H2,1-3H3/t16-/m1/s1. The topological polar surface area (TPSA) is 49.8 Å². The molecule has 1 saturated heterocycles. The summed E-state index contributed by atoms with van der Waals surface area (Å²) in [5.74, 6) is -0.490. The van der Waals surface area contributed by atoms with E-state index in [1.807, 2.05) is 0 Å². The number of aliphatic hydroxyl groups is 1. The molecule has 0 saturated carbocycles. The first-order chi connectivity index (χ1) is 10.0. The molecule has 0 aromatic heterocycles. The second kappa shape index (κ2) is 7.05. The molecule has 1 aliphatic rings. The lowest BCUT2D eigenvalue weighted by atomic mass is 9.91. The van der Waals surface area contributed by atoms with Gasteiger partial charge in [-0.3, -0.25) is 4.90 Å². The molecule has 116 valence electrons. The van der Waals surface area contributed by atoms with E-state index in [0.717, 1.165) is 32.5 Å². The zero-order chi connectivity index (χ0) is 15.4. The lowest BCUT2D eigenvalue weighted by molar-refractivity contribution is -0.154. The first-order valence-electron chi connectivity index (χ1n) is 7.55. The number of methoxy groups -OCH3 is 1. The molecule has 1 fully saturated rings. The van der Waals surface area contributed by atoms with Gasteiger partial charge in [0.2, 0.25) is 0 Å². The Morgan fingerprint density at radius 1 is 1.33 bits per heavy atom. The Hall–Kier alpha value is -1.39. The number of benzene rings is 1. The van der Waals surface area contributed by atoms with E-state index in [1.54, 1.807) is 0 Å². The minimum absolute atomic E-state index is 0.0217. The largest absolute Gasteiger partial charge is 0.467 e. The second-order valence-electron chi connectivity index (χ2n) is 6.00. The summed E-state index contributed by atoms with van der Waals surface area (Å²) < 4.78 is 4.61. The number of likely N-dealkylation sites (tertiary alicyclic amines) is 1. The van der Waals surface area contributed by atoms with E-state index in [1.165, 1.54) is 23.8 Å². The van der Waals surface area contributed by atoms with Gasteiger partial charge < -0.3 is 9.84 Å². The van der Waals surface area contributed by atoms with Gasteiger partial charge in [-0.2, -0.15) is 0 Å². The fourth-order valence-corrected chi connectivity index (χ4v) is 2.90. The molecule has 0 radical (unpaired) electrons. The van der Waals surface area contributed by atoms with Crippen molar-refractivity contribution in [3.8, 4) is 0 Å². The monoisotopic (exact) mass is 291 g/mol. The Kier molecular flexibility index (Phi) is 5.37. The quantitative estimate of drug-likeness (QED) is 0.863. The molecule has 4 heteroatoms. The highest BCUT2D eigenvalue weighted by Gasteiger charge is 2.30. The fourth-order valence-electron chi connectivity index (χ4n) is 2.90. The number of aryl methyl sites for hydroxylation is 2. The van der Waals surface area contributed by atoms with Gasteiger partial charge in [0.15, 0.2) is 6.10 Å². The summed E-state index contributed by atoms with van der Waals surface area (Å²) in [6, 6.07) is 6.58. The van der Waals surface area contributed by atoms with Crippen molar-refractivity contribution in [2.75, 3.05) is 20.2 Å². The average molecular weight is 291 g/mol. The maximum Gasteiger partial charge on any atom is 0.334 e. The molecule has 4 nitrogen and oxygen atoms in total. The van der Waals surface area contributed by atoms with Gasteiger partial charge in [-0.05, 0) is 62.4 Å². The molecule has 1 heterocycles. The molecule has 0 bridgehead atoms. The normalized spacial score (nSPS) is 18.5. The number of hydrogen-bond donors (Lipinski definition) is 1. The van der Waals surface area contributed by atoms with Crippen LogP contribution in [0.3, 0.4) is 0 Å². The van der Waals surface area contributed by atoms with Crippen molar-refractivity contribution in [1.29, 1.82) is 0 Å². The van der Waals surface area contributed by atoms with Gasteiger partial charge >= 0.3 is 5.97 Å². The summed E-state index contributed by atoms with van der Waals surface area (Å²) in [5, 5.41) is 9.89. The first-order valence-corrected chi connectivity index (χ1v) is 7.55. The third kappa shape index (κ3) is 4.05. The Labute approximate surface area is 126 Å². The molecule has 2 rings (SSSR count). The van der Waals surface area contributed by atoms with E-state index in [0.29, 0.717) is 0 Å². The van der Waals surface area contributed by atoms with E-state index >= 15 is 0 Å². The zero-order valence-electron chi connectivity index (χ0n) is 13.1. The molecule has 0 unspecified atom stereocenters. The van der Waals surface area contributed by atoms with Crippen molar-refractivity contribution in [3.63, 3.8) is 0 Å². The lowest BCUT2D eigenvalue weighted by Crippen LogP contribution is -2.40. The third-order valence-corrected chi connectivity index (χ3v) is 4.50. The van der Waals surface area contributed by atoms with Crippen LogP contribution < -0.4 is 0 Å². The van der Waals surface area contributed by atoms with Crippen LogP contribution in [-0.2, 0) is 16.1 Å². The van der Waals surface area contributed by atoms with Crippen molar-refractivity contribution in [2.24, 2.45) is 5.92 Å². The summed E-state index contributed by atoms with van der Waals surface area (Å²) in [4.78, 5) is 13.7. The van der Waals surface area contributed by atoms with Crippen molar-refractivity contribution in [3.05, 3.63) is 34.9 Å². The first kappa shape index (κ1) is 16.0. The number of rotatable bonds is 4. The van der Waals surface area contributed by atoms with Crippen molar-refractivity contribution in [2.45, 2.75) is 39.3 Å². The molecule has 21 heavy (non-hydrogen) atoms. The summed E-state index contributed by atoms with van der Waals surface area (Å²) in [6.07, 6.45) is 0.696. The van der Waals surface area contributed by atoms with Gasteiger partial charge in [0.05, 0.1) is 7.11 Å². The summed E-state index contributed by atoms with van der Waals surface area (Å²) >= 11 is 0. The van der Waals surface area contributed by atoms with E-state index < -0.39 is 12.1 Å².